The lowest BCUT2D eigenvalue weighted by molar-refractivity contribution is -0.119. The SMILES string of the molecule is NCc1cn(CC(=O)Cc2c(F)cccc2Cl)nn1. The summed E-state index contributed by atoms with van der Waals surface area (Å²) in [5, 5.41) is 7.76. The summed E-state index contributed by atoms with van der Waals surface area (Å²) >= 11 is 5.86. The molecule has 1 aromatic carbocycles. The van der Waals surface area contributed by atoms with Crippen LogP contribution in [0.4, 0.5) is 4.39 Å². The van der Waals surface area contributed by atoms with Crippen LogP contribution in [0.5, 0.6) is 0 Å². The van der Waals surface area contributed by atoms with Crippen molar-refractivity contribution in [3.8, 4) is 0 Å². The molecule has 0 saturated heterocycles. The number of Topliss-reactive ketones (excluding diaryl/α,β-unsaturated/α-hetero) is 1. The number of hydrogen-bond donors (Lipinski definition) is 1. The second-order valence-corrected chi connectivity index (χ2v) is 4.43. The van der Waals surface area contributed by atoms with Gasteiger partial charge >= 0.3 is 0 Å². The normalized spacial score (nSPS) is 10.7. The van der Waals surface area contributed by atoms with Crippen LogP contribution in [-0.2, 0) is 24.3 Å². The average Bonchev–Trinajstić information content (AvgIpc) is 2.81. The summed E-state index contributed by atoms with van der Waals surface area (Å²) < 4.78 is 14.9. The lowest BCUT2D eigenvalue weighted by Gasteiger charge is -2.05. The number of hydrogen-bond acceptors (Lipinski definition) is 4. The topological polar surface area (TPSA) is 73.8 Å². The summed E-state index contributed by atoms with van der Waals surface area (Å²) in [5.41, 5.74) is 6.19. The van der Waals surface area contributed by atoms with E-state index in [4.69, 9.17) is 17.3 Å². The summed E-state index contributed by atoms with van der Waals surface area (Å²) in [6, 6.07) is 4.32. The maximum atomic E-state index is 13.5. The molecule has 0 atom stereocenters. The minimum Gasteiger partial charge on any atom is -0.325 e. The molecule has 5 nitrogen and oxygen atoms in total. The number of benzene rings is 1. The fraction of sp³-hybridized carbons (Fsp3) is 0.250. The monoisotopic (exact) mass is 282 g/mol. The molecule has 2 N–H and O–H groups in total. The minimum absolute atomic E-state index is 0.0116. The van der Waals surface area contributed by atoms with Gasteiger partial charge in [0.05, 0.1) is 11.9 Å². The van der Waals surface area contributed by atoms with Crippen LogP contribution in [0.15, 0.2) is 24.4 Å². The average molecular weight is 283 g/mol. The molecule has 0 spiro atoms. The van der Waals surface area contributed by atoms with E-state index in [1.807, 2.05) is 0 Å². The third-order valence-electron chi connectivity index (χ3n) is 2.57. The molecule has 0 saturated carbocycles. The first kappa shape index (κ1) is 13.6. The highest BCUT2D eigenvalue weighted by atomic mass is 35.5. The van der Waals surface area contributed by atoms with Crippen molar-refractivity contribution in [2.45, 2.75) is 19.5 Å². The van der Waals surface area contributed by atoms with E-state index in [1.165, 1.54) is 16.8 Å². The van der Waals surface area contributed by atoms with Gasteiger partial charge in [-0.3, -0.25) is 4.79 Å². The Kier molecular flexibility index (Phi) is 4.24. The highest BCUT2D eigenvalue weighted by Crippen LogP contribution is 2.19. The van der Waals surface area contributed by atoms with E-state index < -0.39 is 5.82 Å². The first-order chi connectivity index (χ1) is 9.10. The zero-order chi connectivity index (χ0) is 13.8. The van der Waals surface area contributed by atoms with Gasteiger partial charge in [0.25, 0.3) is 0 Å². The summed E-state index contributed by atoms with van der Waals surface area (Å²) in [7, 11) is 0. The molecule has 0 bridgehead atoms. The predicted molar refractivity (Wildman–Crippen MR) is 68.0 cm³/mol. The van der Waals surface area contributed by atoms with Crippen molar-refractivity contribution in [1.29, 1.82) is 0 Å². The van der Waals surface area contributed by atoms with Crippen LogP contribution in [0.3, 0.4) is 0 Å². The number of aromatic nitrogens is 3. The zero-order valence-corrected chi connectivity index (χ0v) is 10.8. The molecule has 100 valence electrons. The standard InChI is InChI=1S/C12H12ClFN4O/c13-11-2-1-3-12(14)10(11)4-9(19)7-18-6-8(5-15)16-17-18/h1-3,6H,4-5,7,15H2. The molecule has 2 rings (SSSR count). The van der Waals surface area contributed by atoms with Crippen molar-refractivity contribution < 1.29 is 9.18 Å². The Morgan fingerprint density at radius 1 is 1.47 bits per heavy atom. The van der Waals surface area contributed by atoms with E-state index in [0.29, 0.717) is 5.69 Å². The van der Waals surface area contributed by atoms with E-state index >= 15 is 0 Å². The van der Waals surface area contributed by atoms with Crippen LogP contribution < -0.4 is 5.73 Å². The summed E-state index contributed by atoms with van der Waals surface area (Å²) in [6.07, 6.45) is 1.50. The molecule has 19 heavy (non-hydrogen) atoms. The van der Waals surface area contributed by atoms with Gasteiger partial charge in [-0.1, -0.05) is 22.9 Å². The summed E-state index contributed by atoms with van der Waals surface area (Å²) in [5.74, 6) is -0.692. The second-order valence-electron chi connectivity index (χ2n) is 4.03. The van der Waals surface area contributed by atoms with E-state index in [2.05, 4.69) is 10.3 Å². The van der Waals surface area contributed by atoms with Gasteiger partial charge in [-0.05, 0) is 12.1 Å². The Morgan fingerprint density at radius 2 is 2.26 bits per heavy atom. The molecule has 2 aromatic rings. The van der Waals surface area contributed by atoms with Crippen LogP contribution in [-0.4, -0.2) is 20.8 Å². The quantitative estimate of drug-likeness (QED) is 0.898. The minimum atomic E-state index is -0.484. The van der Waals surface area contributed by atoms with Crippen LogP contribution in [0, 0.1) is 5.82 Å². The Hall–Kier alpha value is -1.79. The molecule has 7 heteroatoms. The number of nitrogens with two attached hydrogens (primary N) is 1. The van der Waals surface area contributed by atoms with E-state index in [1.54, 1.807) is 12.3 Å². The summed E-state index contributed by atoms with van der Waals surface area (Å²) in [6.45, 7) is 0.269. The summed E-state index contributed by atoms with van der Waals surface area (Å²) in [4.78, 5) is 11.8. The van der Waals surface area contributed by atoms with Crippen molar-refractivity contribution in [3.05, 3.63) is 46.5 Å². The fourth-order valence-corrected chi connectivity index (χ4v) is 1.87. The molecule has 1 heterocycles. The lowest BCUT2D eigenvalue weighted by Crippen LogP contribution is -2.14. The van der Waals surface area contributed by atoms with Gasteiger partial charge in [-0.2, -0.15) is 0 Å². The Bertz CT molecular complexity index is 579. The number of carbonyl (C=O) groups excluding carboxylic acids is 1. The molecule has 0 aliphatic rings. The first-order valence-corrected chi connectivity index (χ1v) is 6.01. The molecule has 0 aliphatic carbocycles. The Morgan fingerprint density at radius 3 is 2.89 bits per heavy atom. The van der Waals surface area contributed by atoms with Crippen LogP contribution in [0.25, 0.3) is 0 Å². The largest absolute Gasteiger partial charge is 0.325 e. The third kappa shape index (κ3) is 3.36. The Balaban J connectivity index is 2.05. The van der Waals surface area contributed by atoms with E-state index in [9.17, 15) is 9.18 Å². The van der Waals surface area contributed by atoms with Crippen molar-refractivity contribution >= 4 is 17.4 Å². The van der Waals surface area contributed by atoms with Crippen molar-refractivity contribution in [2.24, 2.45) is 5.73 Å². The van der Waals surface area contributed by atoms with Gasteiger partial charge in [-0.25, -0.2) is 9.07 Å². The maximum Gasteiger partial charge on any atom is 0.158 e. The first-order valence-electron chi connectivity index (χ1n) is 5.64. The van der Waals surface area contributed by atoms with Gasteiger partial charge in [0, 0.05) is 23.6 Å². The smallest absolute Gasteiger partial charge is 0.158 e. The highest BCUT2D eigenvalue weighted by molar-refractivity contribution is 6.31. The fourth-order valence-electron chi connectivity index (χ4n) is 1.64. The maximum absolute atomic E-state index is 13.5. The van der Waals surface area contributed by atoms with Crippen molar-refractivity contribution in [1.82, 2.24) is 15.0 Å². The predicted octanol–water partition coefficient (Wildman–Crippen LogP) is 1.34. The van der Waals surface area contributed by atoms with Gasteiger partial charge < -0.3 is 5.73 Å². The lowest BCUT2D eigenvalue weighted by atomic mass is 10.1. The van der Waals surface area contributed by atoms with Crippen LogP contribution in [0.2, 0.25) is 5.02 Å². The van der Waals surface area contributed by atoms with E-state index in [0.717, 1.165) is 0 Å². The number of ketones is 1. The number of rotatable bonds is 5. The van der Waals surface area contributed by atoms with E-state index in [-0.39, 0.29) is 35.9 Å². The van der Waals surface area contributed by atoms with Gasteiger partial charge in [0.2, 0.25) is 0 Å². The number of halogens is 2. The zero-order valence-electron chi connectivity index (χ0n) is 10.0. The molecular formula is C12H12ClFN4O. The second kappa shape index (κ2) is 5.90. The van der Waals surface area contributed by atoms with Gasteiger partial charge in [-0.15, -0.1) is 5.10 Å². The Labute approximate surface area is 114 Å². The molecular weight excluding hydrogens is 271 g/mol. The molecule has 0 radical (unpaired) electrons. The van der Waals surface area contributed by atoms with Gasteiger partial charge in [0.1, 0.15) is 12.4 Å². The van der Waals surface area contributed by atoms with Crippen molar-refractivity contribution in [2.75, 3.05) is 0 Å². The van der Waals surface area contributed by atoms with Crippen LogP contribution >= 0.6 is 11.6 Å². The molecule has 0 aliphatic heterocycles. The third-order valence-corrected chi connectivity index (χ3v) is 2.92. The molecule has 1 aromatic heterocycles. The van der Waals surface area contributed by atoms with Crippen LogP contribution in [0.1, 0.15) is 11.3 Å². The molecule has 0 unspecified atom stereocenters. The highest BCUT2D eigenvalue weighted by Gasteiger charge is 2.13. The molecule has 0 fully saturated rings. The number of carbonyl (C=O) groups is 1. The number of nitrogens with zero attached hydrogens (tertiary/aromatic N) is 3. The molecule has 0 amide bonds. The van der Waals surface area contributed by atoms with Crippen molar-refractivity contribution in [3.63, 3.8) is 0 Å². The van der Waals surface area contributed by atoms with Gasteiger partial charge in [0.15, 0.2) is 5.78 Å².